The van der Waals surface area contributed by atoms with E-state index in [1.54, 1.807) is 0 Å². The van der Waals surface area contributed by atoms with E-state index in [0.717, 1.165) is 29.9 Å². The summed E-state index contributed by atoms with van der Waals surface area (Å²) in [4.78, 5) is 17.8. The van der Waals surface area contributed by atoms with Gasteiger partial charge in [-0.25, -0.2) is 0 Å². The van der Waals surface area contributed by atoms with Crippen molar-refractivity contribution >= 4 is 22.4 Å². The molecule has 0 saturated heterocycles. The molecule has 0 fully saturated rings. The van der Waals surface area contributed by atoms with Crippen molar-refractivity contribution in [2.24, 2.45) is 0 Å². The monoisotopic (exact) mass is 405 g/mol. The molecule has 0 spiro atoms. The second-order valence-electron chi connectivity index (χ2n) is 7.04. The van der Waals surface area contributed by atoms with Crippen molar-refractivity contribution in [3.63, 3.8) is 0 Å². The minimum absolute atomic E-state index is 0.143. The summed E-state index contributed by atoms with van der Waals surface area (Å²) >= 11 is 1.35. The van der Waals surface area contributed by atoms with E-state index in [0.29, 0.717) is 15.3 Å². The van der Waals surface area contributed by atoms with Crippen LogP contribution in [0.25, 0.3) is 22.4 Å². The maximum Gasteiger partial charge on any atom is 0.291 e. The third-order valence-electron chi connectivity index (χ3n) is 4.69. The summed E-state index contributed by atoms with van der Waals surface area (Å²) in [6.45, 7) is 4.94. The molecule has 4 rings (SSSR count). The SMILES string of the molecule is CCCCCOc1ccc(C=c2sc3nc(-c4ccc(C)cc4)nn3c2=O)cc1. The van der Waals surface area contributed by atoms with Crippen LogP contribution < -0.4 is 14.8 Å². The van der Waals surface area contributed by atoms with Crippen molar-refractivity contribution in [1.29, 1.82) is 0 Å². The third kappa shape index (κ3) is 4.38. The van der Waals surface area contributed by atoms with Crippen LogP contribution in [0.2, 0.25) is 0 Å². The second-order valence-corrected chi connectivity index (χ2v) is 8.05. The Morgan fingerprint density at radius 2 is 1.83 bits per heavy atom. The number of rotatable bonds is 7. The van der Waals surface area contributed by atoms with Crippen LogP contribution in [0.1, 0.15) is 37.3 Å². The maximum atomic E-state index is 12.7. The van der Waals surface area contributed by atoms with Gasteiger partial charge in [0.2, 0.25) is 4.96 Å². The van der Waals surface area contributed by atoms with Crippen LogP contribution in [0.15, 0.2) is 53.3 Å². The van der Waals surface area contributed by atoms with Gasteiger partial charge in [-0.1, -0.05) is 73.1 Å². The van der Waals surface area contributed by atoms with E-state index in [1.807, 2.05) is 61.5 Å². The van der Waals surface area contributed by atoms with Crippen molar-refractivity contribution in [3.8, 4) is 17.1 Å². The highest BCUT2D eigenvalue weighted by Crippen LogP contribution is 2.17. The zero-order valence-electron chi connectivity index (χ0n) is 16.6. The highest BCUT2D eigenvalue weighted by atomic mass is 32.1. The normalized spacial score (nSPS) is 12.0. The molecule has 2 aromatic heterocycles. The molecule has 0 bridgehead atoms. The Kier molecular flexibility index (Phi) is 5.71. The third-order valence-corrected chi connectivity index (χ3v) is 5.65. The van der Waals surface area contributed by atoms with Gasteiger partial charge in [0, 0.05) is 5.56 Å². The molecular formula is C23H23N3O2S. The van der Waals surface area contributed by atoms with E-state index < -0.39 is 0 Å². The molecule has 0 unspecified atom stereocenters. The van der Waals surface area contributed by atoms with Crippen LogP contribution in [-0.4, -0.2) is 21.2 Å². The molecular weight excluding hydrogens is 382 g/mol. The Morgan fingerprint density at radius 1 is 1.07 bits per heavy atom. The molecule has 0 saturated carbocycles. The first-order valence-electron chi connectivity index (χ1n) is 9.85. The first kappa shape index (κ1) is 19.3. The van der Waals surface area contributed by atoms with Crippen LogP contribution in [0.5, 0.6) is 5.75 Å². The molecule has 0 amide bonds. The molecule has 2 aromatic carbocycles. The van der Waals surface area contributed by atoms with Gasteiger partial charge in [-0.05, 0) is 37.1 Å². The number of aromatic nitrogens is 3. The number of nitrogens with zero attached hydrogens (tertiary/aromatic N) is 3. The first-order chi connectivity index (χ1) is 14.1. The number of unbranched alkanes of at least 4 members (excludes halogenated alkanes) is 2. The van der Waals surface area contributed by atoms with E-state index in [4.69, 9.17) is 4.74 Å². The summed E-state index contributed by atoms with van der Waals surface area (Å²) in [5, 5.41) is 4.40. The Labute approximate surface area is 173 Å². The molecule has 5 nitrogen and oxygen atoms in total. The summed E-state index contributed by atoms with van der Waals surface area (Å²) in [5.74, 6) is 1.43. The Hall–Kier alpha value is -2.99. The predicted molar refractivity (Wildman–Crippen MR) is 118 cm³/mol. The van der Waals surface area contributed by atoms with Crippen molar-refractivity contribution < 1.29 is 4.74 Å². The molecule has 0 aliphatic carbocycles. The van der Waals surface area contributed by atoms with Crippen LogP contribution in [-0.2, 0) is 0 Å². The molecule has 4 aromatic rings. The van der Waals surface area contributed by atoms with Gasteiger partial charge in [-0.2, -0.15) is 9.50 Å². The summed E-state index contributed by atoms with van der Waals surface area (Å²) in [5.41, 5.74) is 2.89. The molecule has 29 heavy (non-hydrogen) atoms. The topological polar surface area (TPSA) is 56.5 Å². The summed E-state index contributed by atoms with van der Waals surface area (Å²) in [7, 11) is 0. The van der Waals surface area contributed by atoms with Gasteiger partial charge < -0.3 is 4.74 Å². The Morgan fingerprint density at radius 3 is 2.52 bits per heavy atom. The number of aryl methyl sites for hydroxylation is 1. The molecule has 0 atom stereocenters. The van der Waals surface area contributed by atoms with Crippen LogP contribution in [0, 0.1) is 6.92 Å². The fourth-order valence-electron chi connectivity index (χ4n) is 3.01. The molecule has 0 radical (unpaired) electrons. The van der Waals surface area contributed by atoms with Crippen molar-refractivity contribution in [2.45, 2.75) is 33.1 Å². The van der Waals surface area contributed by atoms with E-state index in [9.17, 15) is 4.79 Å². The largest absolute Gasteiger partial charge is 0.494 e. The smallest absolute Gasteiger partial charge is 0.291 e. The standard InChI is InChI=1S/C23H23N3O2S/c1-3-4-5-14-28-19-12-8-17(9-13-19)15-20-22(27)26-23(29-20)24-21(25-26)18-10-6-16(2)7-11-18/h6-13,15H,3-5,14H2,1-2H3. The highest BCUT2D eigenvalue weighted by molar-refractivity contribution is 7.15. The van der Waals surface area contributed by atoms with Gasteiger partial charge in [-0.3, -0.25) is 4.79 Å². The maximum absolute atomic E-state index is 12.7. The quantitative estimate of drug-likeness (QED) is 0.432. The molecule has 0 N–H and O–H groups in total. The summed E-state index contributed by atoms with van der Waals surface area (Å²) in [6, 6.07) is 15.8. The predicted octanol–water partition coefficient (Wildman–Crippen LogP) is 4.24. The van der Waals surface area contributed by atoms with E-state index >= 15 is 0 Å². The Balaban J connectivity index is 1.55. The minimum atomic E-state index is -0.143. The minimum Gasteiger partial charge on any atom is -0.494 e. The summed E-state index contributed by atoms with van der Waals surface area (Å²) < 4.78 is 7.74. The van der Waals surface area contributed by atoms with Gasteiger partial charge in [0.05, 0.1) is 11.1 Å². The Bertz CT molecular complexity index is 1210. The number of ether oxygens (including phenoxy) is 1. The van der Waals surface area contributed by atoms with Crippen molar-refractivity contribution in [2.75, 3.05) is 6.61 Å². The van der Waals surface area contributed by atoms with Crippen molar-refractivity contribution in [3.05, 3.63) is 74.5 Å². The van der Waals surface area contributed by atoms with Gasteiger partial charge in [0.15, 0.2) is 5.82 Å². The average molecular weight is 406 g/mol. The number of fused-ring (bicyclic) bond motifs is 1. The van der Waals surface area contributed by atoms with E-state index in [-0.39, 0.29) is 5.56 Å². The second kappa shape index (κ2) is 8.57. The number of hydrogen-bond acceptors (Lipinski definition) is 5. The molecule has 0 aliphatic heterocycles. The lowest BCUT2D eigenvalue weighted by atomic mass is 10.1. The van der Waals surface area contributed by atoms with E-state index in [1.165, 1.54) is 34.3 Å². The average Bonchev–Trinajstić information content (AvgIpc) is 3.27. The first-order valence-corrected chi connectivity index (χ1v) is 10.7. The number of thiazole rings is 1. The van der Waals surface area contributed by atoms with Gasteiger partial charge in [0.25, 0.3) is 5.56 Å². The zero-order chi connectivity index (χ0) is 20.2. The lowest BCUT2D eigenvalue weighted by Crippen LogP contribution is -2.23. The molecule has 6 heteroatoms. The molecule has 148 valence electrons. The fraction of sp³-hybridized carbons (Fsp3) is 0.261. The van der Waals surface area contributed by atoms with Crippen LogP contribution in [0.4, 0.5) is 0 Å². The zero-order valence-corrected chi connectivity index (χ0v) is 17.4. The highest BCUT2D eigenvalue weighted by Gasteiger charge is 2.11. The summed E-state index contributed by atoms with van der Waals surface area (Å²) in [6.07, 6.45) is 5.30. The van der Waals surface area contributed by atoms with Crippen LogP contribution >= 0.6 is 11.3 Å². The number of benzene rings is 2. The van der Waals surface area contributed by atoms with Gasteiger partial charge in [0.1, 0.15) is 5.75 Å². The fourth-order valence-corrected chi connectivity index (χ4v) is 3.92. The van der Waals surface area contributed by atoms with Gasteiger partial charge in [-0.15, -0.1) is 5.10 Å². The van der Waals surface area contributed by atoms with Gasteiger partial charge >= 0.3 is 0 Å². The van der Waals surface area contributed by atoms with Crippen LogP contribution in [0.3, 0.4) is 0 Å². The lowest BCUT2D eigenvalue weighted by molar-refractivity contribution is 0.306. The van der Waals surface area contributed by atoms with E-state index in [2.05, 4.69) is 17.0 Å². The molecule has 0 aliphatic rings. The number of hydrogen-bond donors (Lipinski definition) is 0. The lowest BCUT2D eigenvalue weighted by Gasteiger charge is -2.05. The molecule has 2 heterocycles. The van der Waals surface area contributed by atoms with Crippen molar-refractivity contribution in [1.82, 2.24) is 14.6 Å².